The van der Waals surface area contributed by atoms with Gasteiger partial charge < -0.3 is 9.30 Å². The molecule has 0 aliphatic heterocycles. The summed E-state index contributed by atoms with van der Waals surface area (Å²) >= 11 is 0. The fourth-order valence-electron chi connectivity index (χ4n) is 2.96. The van der Waals surface area contributed by atoms with Gasteiger partial charge in [0, 0.05) is 36.0 Å². The van der Waals surface area contributed by atoms with Crippen LogP contribution in [0.4, 0.5) is 0 Å². The highest BCUT2D eigenvalue weighted by Crippen LogP contribution is 2.30. The van der Waals surface area contributed by atoms with E-state index in [1.165, 1.54) is 0 Å². The maximum absolute atomic E-state index is 6.13. The molecule has 3 heterocycles. The summed E-state index contributed by atoms with van der Waals surface area (Å²) in [6, 6.07) is 19.4. The summed E-state index contributed by atoms with van der Waals surface area (Å²) in [7, 11) is 0. The Bertz CT molecular complexity index is 1220. The Hall–Kier alpha value is -4.06. The van der Waals surface area contributed by atoms with Crippen molar-refractivity contribution in [3.8, 4) is 28.7 Å². The van der Waals surface area contributed by atoms with E-state index in [1.807, 2.05) is 71.4 Å². The SMILES string of the molecule is c1cncc(-c2nc(Oc3ccc(-n4ccnc4)cc3)c3ccccc3n2)c1. The second kappa shape index (κ2) is 6.92. The Morgan fingerprint density at radius 2 is 1.68 bits per heavy atom. The number of rotatable bonds is 4. The molecule has 0 N–H and O–H groups in total. The maximum Gasteiger partial charge on any atom is 0.230 e. The van der Waals surface area contributed by atoms with E-state index in [2.05, 4.69) is 19.9 Å². The van der Waals surface area contributed by atoms with Gasteiger partial charge >= 0.3 is 0 Å². The molecule has 5 rings (SSSR count). The van der Waals surface area contributed by atoms with E-state index in [0.29, 0.717) is 17.5 Å². The molecule has 28 heavy (non-hydrogen) atoms. The number of hydrogen-bond acceptors (Lipinski definition) is 5. The van der Waals surface area contributed by atoms with E-state index < -0.39 is 0 Å². The molecule has 0 atom stereocenters. The molecule has 0 unspecified atom stereocenters. The summed E-state index contributed by atoms with van der Waals surface area (Å²) < 4.78 is 8.06. The van der Waals surface area contributed by atoms with Crippen LogP contribution in [0.1, 0.15) is 0 Å². The topological polar surface area (TPSA) is 65.7 Å². The normalized spacial score (nSPS) is 10.9. The number of imidazole rings is 1. The van der Waals surface area contributed by atoms with E-state index in [9.17, 15) is 0 Å². The Balaban J connectivity index is 1.54. The second-order valence-corrected chi connectivity index (χ2v) is 6.18. The van der Waals surface area contributed by atoms with Gasteiger partial charge in [0.05, 0.1) is 17.2 Å². The first-order valence-corrected chi connectivity index (χ1v) is 8.80. The third-order valence-electron chi connectivity index (χ3n) is 4.34. The molecule has 0 aliphatic rings. The van der Waals surface area contributed by atoms with Crippen molar-refractivity contribution in [2.45, 2.75) is 0 Å². The molecular formula is C22H15N5O. The lowest BCUT2D eigenvalue weighted by atomic mass is 10.2. The largest absolute Gasteiger partial charge is 0.438 e. The van der Waals surface area contributed by atoms with Gasteiger partial charge in [0.15, 0.2) is 5.82 Å². The average Bonchev–Trinajstić information content (AvgIpc) is 3.30. The van der Waals surface area contributed by atoms with E-state index >= 15 is 0 Å². The molecule has 0 radical (unpaired) electrons. The number of benzene rings is 2. The minimum atomic E-state index is 0.514. The second-order valence-electron chi connectivity index (χ2n) is 6.18. The monoisotopic (exact) mass is 365 g/mol. The predicted molar refractivity (Wildman–Crippen MR) is 106 cm³/mol. The first kappa shape index (κ1) is 16.1. The Morgan fingerprint density at radius 1 is 0.786 bits per heavy atom. The molecular weight excluding hydrogens is 350 g/mol. The van der Waals surface area contributed by atoms with Gasteiger partial charge in [0.2, 0.25) is 5.88 Å². The van der Waals surface area contributed by atoms with E-state index in [-0.39, 0.29) is 0 Å². The minimum absolute atomic E-state index is 0.514. The first-order valence-electron chi connectivity index (χ1n) is 8.80. The van der Waals surface area contributed by atoms with E-state index in [0.717, 1.165) is 22.2 Å². The molecule has 6 nitrogen and oxygen atoms in total. The lowest BCUT2D eigenvalue weighted by Gasteiger charge is -2.10. The Morgan fingerprint density at radius 3 is 2.46 bits per heavy atom. The van der Waals surface area contributed by atoms with Crippen molar-refractivity contribution in [1.82, 2.24) is 24.5 Å². The quantitative estimate of drug-likeness (QED) is 0.463. The number of ether oxygens (including phenoxy) is 1. The van der Waals surface area contributed by atoms with Crippen LogP contribution in [0.15, 0.2) is 91.8 Å². The van der Waals surface area contributed by atoms with Crippen LogP contribution in [0.25, 0.3) is 28.0 Å². The molecule has 0 amide bonds. The van der Waals surface area contributed by atoms with E-state index in [1.54, 1.807) is 24.9 Å². The smallest absolute Gasteiger partial charge is 0.230 e. The zero-order chi connectivity index (χ0) is 18.8. The summed E-state index contributed by atoms with van der Waals surface area (Å²) in [5, 5.41) is 0.855. The molecule has 0 saturated carbocycles. The average molecular weight is 365 g/mol. The molecule has 6 heteroatoms. The van der Waals surface area contributed by atoms with Gasteiger partial charge in [-0.2, -0.15) is 4.98 Å². The van der Waals surface area contributed by atoms with Crippen molar-refractivity contribution in [2.24, 2.45) is 0 Å². The maximum atomic E-state index is 6.13. The van der Waals surface area contributed by atoms with Crippen LogP contribution in [0.3, 0.4) is 0 Å². The Labute approximate surface area is 161 Å². The minimum Gasteiger partial charge on any atom is -0.438 e. The van der Waals surface area contributed by atoms with Crippen LogP contribution in [0.5, 0.6) is 11.6 Å². The van der Waals surface area contributed by atoms with Gasteiger partial charge in [-0.05, 0) is 48.5 Å². The lowest BCUT2D eigenvalue weighted by molar-refractivity contribution is 0.469. The van der Waals surface area contributed by atoms with Crippen molar-refractivity contribution in [2.75, 3.05) is 0 Å². The number of pyridine rings is 1. The van der Waals surface area contributed by atoms with Crippen molar-refractivity contribution >= 4 is 10.9 Å². The molecule has 0 bridgehead atoms. The number of para-hydroxylation sites is 1. The highest BCUT2D eigenvalue weighted by Gasteiger charge is 2.11. The number of hydrogen-bond donors (Lipinski definition) is 0. The number of fused-ring (bicyclic) bond motifs is 1. The Kier molecular flexibility index (Phi) is 3.99. The molecule has 0 spiro atoms. The van der Waals surface area contributed by atoms with Crippen LogP contribution in [0.2, 0.25) is 0 Å². The van der Waals surface area contributed by atoms with Gasteiger partial charge in [-0.15, -0.1) is 0 Å². The van der Waals surface area contributed by atoms with Crippen LogP contribution in [0, 0.1) is 0 Å². The van der Waals surface area contributed by atoms with E-state index in [4.69, 9.17) is 4.74 Å². The standard InChI is InChI=1S/C22H15N5O/c1-2-6-20-19(5-1)22(26-21(25-20)16-4-3-11-23-14-16)28-18-9-7-17(8-10-18)27-13-12-24-15-27/h1-15H. The third kappa shape index (κ3) is 3.07. The van der Waals surface area contributed by atoms with Crippen molar-refractivity contribution in [3.63, 3.8) is 0 Å². The summed E-state index contributed by atoms with van der Waals surface area (Å²) in [5.41, 5.74) is 2.67. The summed E-state index contributed by atoms with van der Waals surface area (Å²) in [4.78, 5) is 17.5. The summed E-state index contributed by atoms with van der Waals surface area (Å²) in [6.07, 6.45) is 8.87. The summed E-state index contributed by atoms with van der Waals surface area (Å²) in [6.45, 7) is 0. The van der Waals surface area contributed by atoms with Crippen LogP contribution >= 0.6 is 0 Å². The molecule has 5 aromatic rings. The fourth-order valence-corrected chi connectivity index (χ4v) is 2.96. The zero-order valence-electron chi connectivity index (χ0n) is 14.8. The lowest BCUT2D eigenvalue weighted by Crippen LogP contribution is -1.96. The predicted octanol–water partition coefficient (Wildman–Crippen LogP) is 4.67. The molecule has 0 fully saturated rings. The third-order valence-corrected chi connectivity index (χ3v) is 4.34. The molecule has 134 valence electrons. The molecule has 0 aliphatic carbocycles. The van der Waals surface area contributed by atoms with Crippen LogP contribution in [-0.4, -0.2) is 24.5 Å². The fraction of sp³-hybridized carbons (Fsp3) is 0. The van der Waals surface area contributed by atoms with Gasteiger partial charge in [-0.1, -0.05) is 12.1 Å². The molecule has 2 aromatic carbocycles. The first-order chi connectivity index (χ1) is 13.9. The van der Waals surface area contributed by atoms with Crippen LogP contribution in [-0.2, 0) is 0 Å². The van der Waals surface area contributed by atoms with Crippen molar-refractivity contribution < 1.29 is 4.74 Å². The highest BCUT2D eigenvalue weighted by molar-refractivity contribution is 5.85. The van der Waals surface area contributed by atoms with Crippen molar-refractivity contribution in [3.05, 3.63) is 91.8 Å². The summed E-state index contributed by atoms with van der Waals surface area (Å²) in [5.74, 6) is 1.79. The van der Waals surface area contributed by atoms with Crippen LogP contribution < -0.4 is 4.74 Å². The molecule has 3 aromatic heterocycles. The highest BCUT2D eigenvalue weighted by atomic mass is 16.5. The van der Waals surface area contributed by atoms with Gasteiger partial charge in [-0.25, -0.2) is 9.97 Å². The van der Waals surface area contributed by atoms with Gasteiger partial charge in [0.1, 0.15) is 5.75 Å². The number of aromatic nitrogens is 5. The van der Waals surface area contributed by atoms with Crippen molar-refractivity contribution in [1.29, 1.82) is 0 Å². The number of nitrogens with zero attached hydrogens (tertiary/aromatic N) is 5. The molecule has 0 saturated heterocycles. The zero-order valence-corrected chi connectivity index (χ0v) is 14.8. The van der Waals surface area contributed by atoms with Gasteiger partial charge in [-0.3, -0.25) is 4.98 Å². The van der Waals surface area contributed by atoms with Gasteiger partial charge in [0.25, 0.3) is 0 Å².